The number of fused-ring (bicyclic) bond motifs is 1. The zero-order valence-electron chi connectivity index (χ0n) is 22.8. The lowest BCUT2D eigenvalue weighted by Crippen LogP contribution is -3.12. The van der Waals surface area contributed by atoms with E-state index in [0.717, 1.165) is 53.9 Å². The molecule has 0 aliphatic carbocycles. The van der Waals surface area contributed by atoms with Crippen LogP contribution in [-0.4, -0.2) is 104 Å². The van der Waals surface area contributed by atoms with Crippen LogP contribution >= 0.6 is 0 Å². The van der Waals surface area contributed by atoms with Crippen molar-refractivity contribution in [1.29, 1.82) is 0 Å². The van der Waals surface area contributed by atoms with Gasteiger partial charge in [0.25, 0.3) is 11.7 Å². The number of nitrogens with one attached hydrogen (secondary N) is 2. The maximum absolute atomic E-state index is 12.9. The van der Waals surface area contributed by atoms with Gasteiger partial charge in [-0.15, -0.1) is 0 Å². The van der Waals surface area contributed by atoms with Gasteiger partial charge in [-0.25, -0.2) is 9.88 Å². The number of quaternary nitrogens is 1. The van der Waals surface area contributed by atoms with Gasteiger partial charge in [0.15, 0.2) is 6.67 Å². The second-order valence-electron chi connectivity index (χ2n) is 10.5. The van der Waals surface area contributed by atoms with Crippen LogP contribution in [0.25, 0.3) is 0 Å². The molecule has 2 saturated heterocycles. The van der Waals surface area contributed by atoms with Crippen molar-refractivity contribution in [3.8, 4) is 0 Å². The van der Waals surface area contributed by atoms with E-state index in [9.17, 15) is 9.59 Å². The van der Waals surface area contributed by atoms with E-state index in [4.69, 9.17) is 4.74 Å². The fourth-order valence-corrected chi connectivity index (χ4v) is 5.31. The lowest BCUT2D eigenvalue weighted by molar-refractivity contribution is -0.743. The summed E-state index contributed by atoms with van der Waals surface area (Å²) in [5, 5.41) is 3.40. The number of amidine groups is 1. The average Bonchev–Trinajstić information content (AvgIpc) is 3.47. The number of anilines is 2. The topological polar surface area (TPSA) is 98.0 Å². The number of morpholine rings is 1. The molecule has 2 aromatic rings. The molecule has 5 heterocycles. The number of amides is 2. The molecule has 0 saturated carbocycles. The Bertz CT molecular complexity index is 1340. The zero-order chi connectivity index (χ0) is 27.5. The number of carbonyl (C=O) groups is 2. The van der Waals surface area contributed by atoms with E-state index in [-0.39, 0.29) is 11.8 Å². The van der Waals surface area contributed by atoms with E-state index in [1.165, 1.54) is 0 Å². The highest BCUT2D eigenvalue weighted by Gasteiger charge is 2.31. The molecule has 40 heavy (non-hydrogen) atoms. The lowest BCUT2D eigenvalue weighted by Gasteiger charge is -2.32. The number of benzene rings is 1. The molecule has 2 amide bonds. The van der Waals surface area contributed by atoms with Gasteiger partial charge < -0.3 is 24.8 Å². The number of rotatable bonds is 6. The Morgan fingerprint density at radius 3 is 2.62 bits per heavy atom. The predicted molar refractivity (Wildman–Crippen MR) is 152 cm³/mol. The highest BCUT2D eigenvalue weighted by atomic mass is 16.5. The number of hydrogen-bond acceptors (Lipinski definition) is 8. The van der Waals surface area contributed by atoms with Crippen molar-refractivity contribution in [3.05, 3.63) is 78.0 Å². The molecule has 1 atom stereocenters. The van der Waals surface area contributed by atoms with Gasteiger partial charge in [0.1, 0.15) is 17.7 Å². The van der Waals surface area contributed by atoms with Crippen LogP contribution in [0.1, 0.15) is 15.9 Å². The van der Waals surface area contributed by atoms with Gasteiger partial charge in [-0.1, -0.05) is 12.1 Å². The second kappa shape index (κ2) is 11.6. The number of pyridine rings is 1. The van der Waals surface area contributed by atoms with E-state index < -0.39 is 0 Å². The number of ether oxygens (including phenoxy) is 1. The van der Waals surface area contributed by atoms with Crippen molar-refractivity contribution in [2.75, 3.05) is 76.4 Å². The number of hydrogen-bond donors (Lipinski definition) is 2. The Kier molecular flexibility index (Phi) is 7.58. The summed E-state index contributed by atoms with van der Waals surface area (Å²) >= 11 is 0. The van der Waals surface area contributed by atoms with Crippen LogP contribution < -0.4 is 15.1 Å². The van der Waals surface area contributed by atoms with Crippen LogP contribution in [0.2, 0.25) is 0 Å². The molecule has 2 N–H and O–H groups in total. The summed E-state index contributed by atoms with van der Waals surface area (Å²) in [7, 11) is 2.09. The maximum atomic E-state index is 12.9. The summed E-state index contributed by atoms with van der Waals surface area (Å²) in [6, 6.07) is 11.8. The molecule has 0 bridgehead atoms. The molecule has 208 valence electrons. The van der Waals surface area contributed by atoms with Crippen LogP contribution in [0, 0.1) is 0 Å². The molecule has 11 nitrogen and oxygen atoms in total. The third-order valence-electron chi connectivity index (χ3n) is 7.69. The quantitative estimate of drug-likeness (QED) is 0.544. The molecule has 1 aromatic carbocycles. The second-order valence-corrected chi connectivity index (χ2v) is 10.5. The first-order valence-electron chi connectivity index (χ1n) is 13.8. The van der Waals surface area contributed by atoms with Gasteiger partial charge in [0.05, 0.1) is 31.4 Å². The van der Waals surface area contributed by atoms with E-state index in [1.54, 1.807) is 17.2 Å². The molecule has 4 aliphatic rings. The summed E-state index contributed by atoms with van der Waals surface area (Å²) in [5.74, 6) is 1.65. The fraction of sp³-hybridized carbons (Fsp3) is 0.379. The van der Waals surface area contributed by atoms with Crippen molar-refractivity contribution in [2.24, 2.45) is 4.99 Å². The van der Waals surface area contributed by atoms with Gasteiger partial charge in [-0.05, 0) is 36.9 Å². The summed E-state index contributed by atoms with van der Waals surface area (Å²) in [6.07, 6.45) is 7.87. The molecule has 1 aromatic heterocycles. The Balaban J connectivity index is 1.16. The molecule has 0 spiro atoms. The first-order chi connectivity index (χ1) is 19.5. The molecule has 2 fully saturated rings. The summed E-state index contributed by atoms with van der Waals surface area (Å²) in [4.78, 5) is 44.1. The Morgan fingerprint density at radius 1 is 1.02 bits per heavy atom. The van der Waals surface area contributed by atoms with Crippen LogP contribution in [0.3, 0.4) is 0 Å². The summed E-state index contributed by atoms with van der Waals surface area (Å²) in [5.41, 5.74) is 3.39. The van der Waals surface area contributed by atoms with E-state index in [0.29, 0.717) is 50.8 Å². The average molecular weight is 544 g/mol. The minimum Gasteiger partial charge on any atom is -0.378 e. The van der Waals surface area contributed by atoms with Gasteiger partial charge >= 0.3 is 0 Å². The van der Waals surface area contributed by atoms with Crippen molar-refractivity contribution in [3.63, 3.8) is 0 Å². The summed E-state index contributed by atoms with van der Waals surface area (Å²) < 4.78 is 5.35. The number of likely N-dealkylation sites (N-methyl/N-ethyl adjacent to an activating group) is 1. The third kappa shape index (κ3) is 5.76. The minimum atomic E-state index is -0.0311. The lowest BCUT2D eigenvalue weighted by atomic mass is 10.1. The largest absolute Gasteiger partial charge is 0.378 e. The number of aliphatic imine (C=N–C) groups is 1. The smallest absolute Gasteiger partial charge is 0.257 e. The van der Waals surface area contributed by atoms with E-state index in [1.807, 2.05) is 41.7 Å². The molecule has 1 unspecified atom stereocenters. The number of carbonyl (C=O) groups excluding carboxylic acids is 2. The number of aromatic nitrogens is 1. The number of piperazine rings is 1. The Hall–Kier alpha value is -4.06. The van der Waals surface area contributed by atoms with E-state index in [2.05, 4.69) is 44.3 Å². The van der Waals surface area contributed by atoms with Gasteiger partial charge in [0.2, 0.25) is 5.91 Å². The first kappa shape index (κ1) is 26.2. The molecule has 11 heteroatoms. The first-order valence-corrected chi connectivity index (χ1v) is 13.8. The van der Waals surface area contributed by atoms with Crippen LogP contribution in [0.15, 0.2) is 71.9 Å². The van der Waals surface area contributed by atoms with Crippen LogP contribution in [0.5, 0.6) is 0 Å². The van der Waals surface area contributed by atoms with E-state index >= 15 is 0 Å². The van der Waals surface area contributed by atoms with Gasteiger partial charge in [-0.3, -0.25) is 14.5 Å². The van der Waals surface area contributed by atoms with Crippen molar-refractivity contribution in [1.82, 2.24) is 19.7 Å². The minimum absolute atomic E-state index is 0.0311. The summed E-state index contributed by atoms with van der Waals surface area (Å²) in [6.45, 7) is 6.38. The standard InChI is InChI=1S/C29H34N8O3/c1-33-9-11-34(12-10-33)27(38)18-22-3-2-4-24(17-22)37-20-25(28-30-7-8-36(28)21-37)32-26-6-5-23(19-31-26)29(39)35-13-15-40-16-14-35/h2-8,17,19-20H,9-16,18,21H2,1H3,(H,31,32)/p+1. The van der Waals surface area contributed by atoms with Crippen molar-refractivity contribution >= 4 is 29.2 Å². The molecule has 0 radical (unpaired) electrons. The van der Waals surface area contributed by atoms with Crippen LogP contribution in [0.4, 0.5) is 11.5 Å². The predicted octanol–water partition coefficient (Wildman–Crippen LogP) is 0.370. The normalized spacial score (nSPS) is 21.1. The zero-order valence-corrected chi connectivity index (χ0v) is 22.8. The Morgan fingerprint density at radius 2 is 1.85 bits per heavy atom. The SMILES string of the molecule is CN1CCN(C(=O)Cc2cccc(N3C=C(Nc4ccc(C(=O)N5CCOCC5)cn4)C4=NC=C[NH+]4C3)c2)CC1. The van der Waals surface area contributed by atoms with Crippen LogP contribution in [-0.2, 0) is 16.0 Å². The fourth-order valence-electron chi connectivity index (χ4n) is 5.31. The van der Waals surface area contributed by atoms with Crippen molar-refractivity contribution < 1.29 is 19.2 Å². The van der Waals surface area contributed by atoms with Crippen molar-refractivity contribution in [2.45, 2.75) is 6.42 Å². The highest BCUT2D eigenvalue weighted by molar-refractivity contribution is 5.97. The third-order valence-corrected chi connectivity index (χ3v) is 7.69. The Labute approximate surface area is 234 Å². The molecule has 6 rings (SSSR count). The monoisotopic (exact) mass is 543 g/mol. The molecular weight excluding hydrogens is 508 g/mol. The van der Waals surface area contributed by atoms with Gasteiger partial charge in [0, 0.05) is 57.4 Å². The number of nitrogens with zero attached hydrogens (tertiary/aromatic N) is 6. The molecule has 4 aliphatic heterocycles. The highest BCUT2D eigenvalue weighted by Crippen LogP contribution is 2.21. The van der Waals surface area contributed by atoms with Gasteiger partial charge in [-0.2, -0.15) is 4.99 Å². The molecular formula is C29H35N8O3+. The maximum Gasteiger partial charge on any atom is 0.257 e.